The summed E-state index contributed by atoms with van der Waals surface area (Å²) < 4.78 is 13.8. The Hall–Kier alpha value is -2.81. The minimum absolute atomic E-state index is 0.00815. The van der Waals surface area contributed by atoms with Crippen molar-refractivity contribution >= 4 is 17.5 Å². The lowest BCUT2D eigenvalue weighted by Crippen LogP contribution is -2.51. The number of likely N-dealkylation sites (tertiary alicyclic amines) is 1. The third-order valence-electron chi connectivity index (χ3n) is 8.02. The maximum absolute atomic E-state index is 13.8. The Morgan fingerprint density at radius 1 is 1.00 bits per heavy atom. The number of hydrogen-bond donors (Lipinski definition) is 4. The molecule has 3 fully saturated rings. The second kappa shape index (κ2) is 7.90. The number of piperidine rings is 1. The summed E-state index contributed by atoms with van der Waals surface area (Å²) in [5.74, 6) is -0.0335. The Morgan fingerprint density at radius 3 is 2.61 bits per heavy atom. The van der Waals surface area contributed by atoms with Crippen molar-refractivity contribution in [2.75, 3.05) is 18.4 Å². The summed E-state index contributed by atoms with van der Waals surface area (Å²) in [5.41, 5.74) is 12.3. The van der Waals surface area contributed by atoms with Crippen LogP contribution in [0.5, 0.6) is 0 Å². The van der Waals surface area contributed by atoms with Crippen LogP contribution in [0.15, 0.2) is 42.5 Å². The van der Waals surface area contributed by atoms with Crippen molar-refractivity contribution in [2.45, 2.75) is 49.6 Å². The number of nitrogens with zero attached hydrogens (tertiary/aromatic N) is 1. The van der Waals surface area contributed by atoms with Crippen LogP contribution in [-0.2, 0) is 15.0 Å². The third-order valence-corrected chi connectivity index (χ3v) is 8.02. The fourth-order valence-electron chi connectivity index (χ4n) is 6.08. The van der Waals surface area contributed by atoms with Gasteiger partial charge >= 0.3 is 0 Å². The number of nitrogens with one attached hydrogen (secondary N) is 4. The molecule has 3 unspecified atom stereocenters. The molecule has 1 saturated carbocycles. The van der Waals surface area contributed by atoms with E-state index in [1.807, 2.05) is 29.2 Å². The second-order valence-corrected chi connectivity index (χ2v) is 9.77. The van der Waals surface area contributed by atoms with E-state index in [9.17, 15) is 14.0 Å². The topological polar surface area (TPSA) is 85.5 Å². The van der Waals surface area contributed by atoms with E-state index in [2.05, 4.69) is 21.7 Å². The molecule has 0 aromatic heterocycles. The molecule has 1 aliphatic carbocycles. The molecule has 6 rings (SSSR count). The van der Waals surface area contributed by atoms with Gasteiger partial charge in [0, 0.05) is 36.8 Å². The number of halogens is 1. The molecule has 4 N–H and O–H groups in total. The van der Waals surface area contributed by atoms with E-state index in [4.69, 9.17) is 0 Å². The van der Waals surface area contributed by atoms with Crippen LogP contribution in [0.1, 0.15) is 37.7 Å². The van der Waals surface area contributed by atoms with Crippen LogP contribution in [0.2, 0.25) is 0 Å². The van der Waals surface area contributed by atoms with Gasteiger partial charge in [-0.1, -0.05) is 18.2 Å². The summed E-state index contributed by atoms with van der Waals surface area (Å²) in [5, 5.41) is 3.04. The zero-order valence-electron chi connectivity index (χ0n) is 18.4. The first-order valence-electron chi connectivity index (χ1n) is 11.8. The number of carbonyl (C=O) groups is 2. The summed E-state index contributed by atoms with van der Waals surface area (Å²) in [6.45, 7) is 1.15. The van der Waals surface area contributed by atoms with Gasteiger partial charge in [-0.3, -0.25) is 9.59 Å². The molecule has 0 bridgehead atoms. The number of hydrazine groups is 2. The molecule has 2 saturated heterocycles. The van der Waals surface area contributed by atoms with Crippen molar-refractivity contribution in [3.8, 4) is 11.1 Å². The number of fused-ring (bicyclic) bond motifs is 3. The molecular weight excluding hydrogens is 421 g/mol. The summed E-state index contributed by atoms with van der Waals surface area (Å²) >= 11 is 0. The number of rotatable bonds is 2. The lowest BCUT2D eigenvalue weighted by atomic mass is 9.72. The van der Waals surface area contributed by atoms with E-state index in [0.29, 0.717) is 32.0 Å². The average molecular weight is 450 g/mol. The molecule has 2 amide bonds. The molecule has 7 nitrogen and oxygen atoms in total. The third kappa shape index (κ3) is 3.44. The highest BCUT2D eigenvalue weighted by atomic mass is 19.1. The highest BCUT2D eigenvalue weighted by Crippen LogP contribution is 2.46. The fourth-order valence-corrected chi connectivity index (χ4v) is 6.08. The number of carbonyl (C=O) groups excluding carboxylic acids is 2. The quantitative estimate of drug-likeness (QED) is 0.566. The Kier molecular flexibility index (Phi) is 4.97. The highest BCUT2D eigenvalue weighted by Gasteiger charge is 2.49. The van der Waals surface area contributed by atoms with Gasteiger partial charge in [-0.05, 0) is 73.1 Å². The van der Waals surface area contributed by atoms with Crippen LogP contribution in [0, 0.1) is 11.7 Å². The fraction of sp³-hybridized carbons (Fsp3) is 0.440. The predicted octanol–water partition coefficient (Wildman–Crippen LogP) is 2.45. The normalized spacial score (nSPS) is 27.8. The van der Waals surface area contributed by atoms with Gasteiger partial charge in [0.25, 0.3) is 0 Å². The van der Waals surface area contributed by atoms with E-state index < -0.39 is 5.41 Å². The molecule has 2 aromatic carbocycles. The summed E-state index contributed by atoms with van der Waals surface area (Å²) in [7, 11) is 0. The molecule has 8 heteroatoms. The van der Waals surface area contributed by atoms with Gasteiger partial charge in [-0.2, -0.15) is 5.53 Å². The second-order valence-electron chi connectivity index (χ2n) is 9.77. The molecule has 172 valence electrons. The molecule has 3 aliphatic heterocycles. The number of amides is 2. The van der Waals surface area contributed by atoms with E-state index in [1.165, 1.54) is 12.1 Å². The first-order chi connectivity index (χ1) is 16.0. The van der Waals surface area contributed by atoms with Crippen molar-refractivity contribution in [3.63, 3.8) is 0 Å². The Labute approximate surface area is 192 Å². The van der Waals surface area contributed by atoms with Gasteiger partial charge in [0.2, 0.25) is 11.8 Å². The molecule has 0 radical (unpaired) electrons. The van der Waals surface area contributed by atoms with Crippen molar-refractivity contribution in [1.29, 1.82) is 0 Å². The van der Waals surface area contributed by atoms with Crippen LogP contribution in [0.25, 0.3) is 11.1 Å². The lowest BCUT2D eigenvalue weighted by Gasteiger charge is -2.40. The van der Waals surface area contributed by atoms with Gasteiger partial charge < -0.3 is 10.2 Å². The van der Waals surface area contributed by atoms with Crippen LogP contribution >= 0.6 is 0 Å². The van der Waals surface area contributed by atoms with Crippen LogP contribution in [0.4, 0.5) is 10.1 Å². The van der Waals surface area contributed by atoms with Crippen LogP contribution in [-0.4, -0.2) is 41.9 Å². The van der Waals surface area contributed by atoms with Crippen LogP contribution < -0.4 is 21.7 Å². The van der Waals surface area contributed by atoms with Crippen molar-refractivity contribution in [3.05, 3.63) is 53.8 Å². The monoisotopic (exact) mass is 449 g/mol. The molecule has 2 aromatic rings. The summed E-state index contributed by atoms with van der Waals surface area (Å²) in [4.78, 5) is 28.3. The first kappa shape index (κ1) is 20.8. The van der Waals surface area contributed by atoms with Gasteiger partial charge in [0.05, 0.1) is 5.41 Å². The molecule has 33 heavy (non-hydrogen) atoms. The zero-order valence-corrected chi connectivity index (χ0v) is 18.4. The highest BCUT2D eigenvalue weighted by molar-refractivity contribution is 6.07. The Balaban J connectivity index is 1.20. The largest absolute Gasteiger partial charge is 0.342 e. The van der Waals surface area contributed by atoms with Gasteiger partial charge in [0.1, 0.15) is 5.82 Å². The standard InChI is InChI=1S/C25H28FN5O2/c26-18-3-1-2-15(12-18)16-4-6-20-19(13-16)25(24(33)27-20)8-10-31(11-9-25)23(32)17-5-7-21-22(14-17)29-30-28-21/h1-4,6,12-13,17,21-22,28-30H,5,7-11,14H2,(H,27,33). The predicted molar refractivity (Wildman–Crippen MR) is 122 cm³/mol. The average Bonchev–Trinajstić information content (AvgIpc) is 3.41. The molecular formula is C25H28FN5O2. The maximum Gasteiger partial charge on any atom is 0.235 e. The first-order valence-corrected chi connectivity index (χ1v) is 11.8. The lowest BCUT2D eigenvalue weighted by molar-refractivity contribution is -0.140. The minimum Gasteiger partial charge on any atom is -0.342 e. The van der Waals surface area contributed by atoms with Gasteiger partial charge in [-0.15, -0.1) is 0 Å². The molecule has 3 atom stereocenters. The number of hydrogen-bond acceptors (Lipinski definition) is 5. The molecule has 4 aliphatic rings. The Bertz CT molecular complexity index is 1110. The summed E-state index contributed by atoms with van der Waals surface area (Å²) in [6.07, 6.45) is 3.88. The van der Waals surface area contributed by atoms with Crippen LogP contribution in [0.3, 0.4) is 0 Å². The van der Waals surface area contributed by atoms with Crippen molar-refractivity contribution in [2.24, 2.45) is 5.92 Å². The summed E-state index contributed by atoms with van der Waals surface area (Å²) in [6, 6.07) is 13.0. The molecule has 3 heterocycles. The SMILES string of the molecule is O=C(C1CCC2NNNC2C1)N1CCC2(CC1)C(=O)Nc1ccc(-c3cccc(F)c3)cc12. The number of anilines is 1. The smallest absolute Gasteiger partial charge is 0.235 e. The van der Waals surface area contributed by atoms with Crippen molar-refractivity contribution in [1.82, 2.24) is 21.3 Å². The van der Waals surface area contributed by atoms with E-state index >= 15 is 0 Å². The Morgan fingerprint density at radius 2 is 1.79 bits per heavy atom. The molecule has 1 spiro atoms. The van der Waals surface area contributed by atoms with E-state index in [0.717, 1.165) is 41.6 Å². The minimum atomic E-state index is -0.631. The maximum atomic E-state index is 13.8. The number of benzene rings is 2. The van der Waals surface area contributed by atoms with Gasteiger partial charge in [-0.25, -0.2) is 15.2 Å². The van der Waals surface area contributed by atoms with E-state index in [-0.39, 0.29) is 29.6 Å². The van der Waals surface area contributed by atoms with Crippen molar-refractivity contribution < 1.29 is 14.0 Å². The van der Waals surface area contributed by atoms with Gasteiger partial charge in [0.15, 0.2) is 0 Å². The van der Waals surface area contributed by atoms with E-state index in [1.54, 1.807) is 6.07 Å². The zero-order chi connectivity index (χ0) is 22.6.